The fraction of sp³-hybridized carbons (Fsp3) is 0.600. The molecule has 0 bridgehead atoms. The Morgan fingerprint density at radius 3 is 2.38 bits per heavy atom. The fourth-order valence-electron chi connectivity index (χ4n) is 2.04. The monoisotopic (exact) mass is 314 g/mol. The van der Waals surface area contributed by atoms with Gasteiger partial charge in [0.05, 0.1) is 24.1 Å². The van der Waals surface area contributed by atoms with E-state index < -0.39 is 20.7 Å². The maximum Gasteiger partial charge on any atom is 0.161 e. The Labute approximate surface area is 125 Å². The first-order chi connectivity index (χ1) is 9.63. The average Bonchev–Trinajstić information content (AvgIpc) is 2.58. The van der Waals surface area contributed by atoms with Crippen molar-refractivity contribution in [1.82, 2.24) is 0 Å². The highest BCUT2D eigenvalue weighted by Gasteiger charge is 2.39. The Morgan fingerprint density at radius 2 is 1.81 bits per heavy atom. The standard InChI is InChI=1S/C15H22O5S/c1-10-8-19-12-6-5-11(7-13(12)20-9-10)14(16)15(2,3)21(4,17)18/h5-7,10,14,16H,8-9H2,1-4H3. The zero-order valence-electron chi connectivity index (χ0n) is 12.8. The molecule has 0 saturated carbocycles. The second-order valence-corrected chi connectivity index (χ2v) is 8.81. The molecule has 1 heterocycles. The molecule has 2 unspecified atom stereocenters. The summed E-state index contributed by atoms with van der Waals surface area (Å²) in [5.74, 6) is 1.44. The third kappa shape index (κ3) is 3.16. The molecular weight excluding hydrogens is 292 g/mol. The molecule has 0 spiro atoms. The van der Waals surface area contributed by atoms with Crippen molar-refractivity contribution in [3.8, 4) is 11.5 Å². The van der Waals surface area contributed by atoms with Crippen LogP contribution in [-0.2, 0) is 9.84 Å². The van der Waals surface area contributed by atoms with Gasteiger partial charge in [0.15, 0.2) is 21.3 Å². The fourth-order valence-corrected chi connectivity index (χ4v) is 2.58. The van der Waals surface area contributed by atoms with Gasteiger partial charge in [-0.05, 0) is 31.5 Å². The first kappa shape index (κ1) is 16.1. The van der Waals surface area contributed by atoms with E-state index in [-0.39, 0.29) is 5.92 Å². The Balaban J connectivity index is 2.35. The Kier molecular flexibility index (Phi) is 4.22. The van der Waals surface area contributed by atoms with Crippen LogP contribution in [-0.4, -0.2) is 37.7 Å². The van der Waals surface area contributed by atoms with Crippen molar-refractivity contribution < 1.29 is 23.0 Å². The molecule has 0 fully saturated rings. The lowest BCUT2D eigenvalue weighted by Gasteiger charge is -2.29. The smallest absolute Gasteiger partial charge is 0.161 e. The van der Waals surface area contributed by atoms with E-state index in [1.807, 2.05) is 6.92 Å². The summed E-state index contributed by atoms with van der Waals surface area (Å²) in [7, 11) is -3.41. The predicted octanol–water partition coefficient (Wildman–Crippen LogP) is 1.95. The van der Waals surface area contributed by atoms with Crippen LogP contribution in [0.2, 0.25) is 0 Å². The summed E-state index contributed by atoms with van der Waals surface area (Å²) in [5, 5.41) is 10.4. The average molecular weight is 314 g/mol. The van der Waals surface area contributed by atoms with E-state index in [1.54, 1.807) is 18.2 Å². The lowest BCUT2D eigenvalue weighted by molar-refractivity contribution is 0.139. The van der Waals surface area contributed by atoms with Crippen LogP contribution in [0.4, 0.5) is 0 Å². The van der Waals surface area contributed by atoms with E-state index >= 15 is 0 Å². The summed E-state index contributed by atoms with van der Waals surface area (Å²) in [6, 6.07) is 5.05. The largest absolute Gasteiger partial charge is 0.489 e. The quantitative estimate of drug-likeness (QED) is 0.923. The summed E-state index contributed by atoms with van der Waals surface area (Å²) in [6.07, 6.45) is -0.0110. The summed E-state index contributed by atoms with van der Waals surface area (Å²) >= 11 is 0. The molecule has 0 amide bonds. The highest BCUT2D eigenvalue weighted by molar-refractivity contribution is 7.92. The van der Waals surface area contributed by atoms with E-state index in [1.165, 1.54) is 13.8 Å². The SMILES string of the molecule is CC1COc2ccc(C(O)C(C)(C)S(C)(=O)=O)cc2OC1. The van der Waals surface area contributed by atoms with E-state index in [0.29, 0.717) is 30.3 Å². The molecule has 2 rings (SSSR count). The number of benzene rings is 1. The van der Waals surface area contributed by atoms with Crippen LogP contribution in [0, 0.1) is 5.92 Å². The van der Waals surface area contributed by atoms with Crippen molar-refractivity contribution in [1.29, 1.82) is 0 Å². The number of rotatable bonds is 3. The molecule has 2 atom stereocenters. The van der Waals surface area contributed by atoms with Gasteiger partial charge in [0.1, 0.15) is 0 Å². The van der Waals surface area contributed by atoms with E-state index in [4.69, 9.17) is 9.47 Å². The molecular formula is C15H22O5S. The zero-order chi connectivity index (χ0) is 15.8. The van der Waals surface area contributed by atoms with Gasteiger partial charge >= 0.3 is 0 Å². The molecule has 0 radical (unpaired) electrons. The second-order valence-electron chi connectivity index (χ2n) is 6.21. The molecule has 1 N–H and O–H groups in total. The van der Waals surface area contributed by atoms with Gasteiger partial charge in [-0.3, -0.25) is 0 Å². The van der Waals surface area contributed by atoms with Gasteiger partial charge in [0, 0.05) is 12.2 Å². The first-order valence-electron chi connectivity index (χ1n) is 6.90. The second kappa shape index (κ2) is 5.50. The molecule has 1 aliphatic rings. The topological polar surface area (TPSA) is 72.8 Å². The molecule has 0 saturated heterocycles. The number of hydrogen-bond donors (Lipinski definition) is 1. The van der Waals surface area contributed by atoms with Crippen molar-refractivity contribution in [3.63, 3.8) is 0 Å². The van der Waals surface area contributed by atoms with Gasteiger partial charge in [-0.15, -0.1) is 0 Å². The maximum atomic E-state index is 11.8. The van der Waals surface area contributed by atoms with Gasteiger partial charge in [0.25, 0.3) is 0 Å². The molecule has 0 aliphatic carbocycles. The molecule has 1 aromatic carbocycles. The lowest BCUT2D eigenvalue weighted by atomic mass is 9.98. The van der Waals surface area contributed by atoms with Gasteiger partial charge in [-0.2, -0.15) is 0 Å². The third-order valence-corrected chi connectivity index (χ3v) is 6.08. The Bertz CT molecular complexity index is 621. The van der Waals surface area contributed by atoms with Crippen LogP contribution < -0.4 is 9.47 Å². The summed E-state index contributed by atoms with van der Waals surface area (Å²) in [6.45, 7) is 6.15. The van der Waals surface area contributed by atoms with E-state index in [9.17, 15) is 13.5 Å². The van der Waals surface area contributed by atoms with Crippen molar-refractivity contribution in [2.45, 2.75) is 31.6 Å². The highest BCUT2D eigenvalue weighted by atomic mass is 32.2. The van der Waals surface area contributed by atoms with Gasteiger partial charge in [0.2, 0.25) is 0 Å². The molecule has 1 aromatic rings. The van der Waals surface area contributed by atoms with Gasteiger partial charge in [-0.25, -0.2) is 8.42 Å². The number of aliphatic hydroxyl groups is 1. The van der Waals surface area contributed by atoms with E-state index in [2.05, 4.69) is 0 Å². The molecule has 21 heavy (non-hydrogen) atoms. The van der Waals surface area contributed by atoms with Crippen molar-refractivity contribution in [2.75, 3.05) is 19.5 Å². The Morgan fingerprint density at radius 1 is 1.24 bits per heavy atom. The number of ether oxygens (including phenoxy) is 2. The van der Waals surface area contributed by atoms with E-state index in [0.717, 1.165) is 6.26 Å². The molecule has 118 valence electrons. The summed E-state index contributed by atoms with van der Waals surface area (Å²) in [4.78, 5) is 0. The number of fused-ring (bicyclic) bond motifs is 1. The van der Waals surface area contributed by atoms with Crippen molar-refractivity contribution in [2.24, 2.45) is 5.92 Å². The number of hydrogen-bond acceptors (Lipinski definition) is 5. The molecule has 6 heteroatoms. The van der Waals surface area contributed by atoms with Crippen LogP contribution in [0.3, 0.4) is 0 Å². The van der Waals surface area contributed by atoms with Crippen molar-refractivity contribution >= 4 is 9.84 Å². The highest BCUT2D eigenvalue weighted by Crippen LogP contribution is 2.37. The number of sulfone groups is 1. The molecule has 1 aliphatic heterocycles. The van der Waals surface area contributed by atoms with Crippen LogP contribution in [0.5, 0.6) is 11.5 Å². The minimum absolute atomic E-state index is 0.276. The lowest BCUT2D eigenvalue weighted by Crippen LogP contribution is -2.37. The predicted molar refractivity (Wildman–Crippen MR) is 80.5 cm³/mol. The first-order valence-corrected chi connectivity index (χ1v) is 8.79. The third-order valence-electron chi connectivity index (χ3n) is 3.94. The van der Waals surface area contributed by atoms with Crippen LogP contribution in [0.1, 0.15) is 32.4 Å². The summed E-state index contributed by atoms with van der Waals surface area (Å²) in [5.41, 5.74) is 0.502. The van der Waals surface area contributed by atoms with Crippen molar-refractivity contribution in [3.05, 3.63) is 23.8 Å². The van der Waals surface area contributed by atoms with Gasteiger partial charge < -0.3 is 14.6 Å². The van der Waals surface area contributed by atoms with Gasteiger partial charge in [-0.1, -0.05) is 13.0 Å². The molecule has 5 nitrogen and oxygen atoms in total. The minimum atomic E-state index is -3.41. The van der Waals surface area contributed by atoms with Crippen LogP contribution in [0.25, 0.3) is 0 Å². The zero-order valence-corrected chi connectivity index (χ0v) is 13.6. The maximum absolute atomic E-state index is 11.8. The minimum Gasteiger partial charge on any atom is -0.489 e. The molecule has 0 aromatic heterocycles. The van der Waals surface area contributed by atoms with Crippen LogP contribution in [0.15, 0.2) is 18.2 Å². The summed E-state index contributed by atoms with van der Waals surface area (Å²) < 4.78 is 33.7. The van der Waals surface area contributed by atoms with Crippen LogP contribution >= 0.6 is 0 Å². The normalized spacial score (nSPS) is 20.7. The Hall–Kier alpha value is -1.27. The number of aliphatic hydroxyl groups excluding tert-OH is 1.